The normalized spacial score (nSPS) is 12.6. The summed E-state index contributed by atoms with van der Waals surface area (Å²) in [5, 5.41) is 0. The van der Waals surface area contributed by atoms with Crippen LogP contribution < -0.4 is 0 Å². The van der Waals surface area contributed by atoms with Gasteiger partial charge in [-0.15, -0.1) is 0 Å². The van der Waals surface area contributed by atoms with Crippen molar-refractivity contribution in [2.24, 2.45) is 0 Å². The van der Waals surface area contributed by atoms with Gasteiger partial charge in [0.2, 0.25) is 0 Å². The molecule has 0 bridgehead atoms. The molecule has 0 rings (SSSR count). The first-order chi connectivity index (χ1) is 12.4. The van der Waals surface area contributed by atoms with E-state index in [0.717, 1.165) is 25.7 Å². The second-order valence-electron chi connectivity index (χ2n) is 6.74. The minimum absolute atomic E-state index is 0.0373. The highest BCUT2D eigenvalue weighted by molar-refractivity contribution is 7.81. The summed E-state index contributed by atoms with van der Waals surface area (Å²) in [6.45, 7) is 8.56. The SMILES string of the molecule is CCCCCCCOC(C)(COS(=O)(=O)OCC)OCCCCCCC. The van der Waals surface area contributed by atoms with Crippen LogP contribution in [0.4, 0.5) is 0 Å². The first-order valence-corrected chi connectivity index (χ1v) is 11.5. The van der Waals surface area contributed by atoms with Crippen molar-refractivity contribution in [2.75, 3.05) is 26.4 Å². The molecule has 0 aliphatic heterocycles. The van der Waals surface area contributed by atoms with E-state index in [4.69, 9.17) is 13.7 Å². The molecule has 0 radical (unpaired) electrons. The molecule has 0 N–H and O–H groups in total. The van der Waals surface area contributed by atoms with Gasteiger partial charge in [-0.25, -0.2) is 8.37 Å². The molecule has 0 saturated heterocycles. The van der Waals surface area contributed by atoms with E-state index in [9.17, 15) is 8.42 Å². The summed E-state index contributed by atoms with van der Waals surface area (Å²) in [4.78, 5) is 0. The van der Waals surface area contributed by atoms with Gasteiger partial charge in [-0.05, 0) is 26.7 Å². The fourth-order valence-corrected chi connectivity index (χ4v) is 3.19. The molecule has 0 unspecified atom stereocenters. The summed E-state index contributed by atoms with van der Waals surface area (Å²) >= 11 is 0. The Labute approximate surface area is 161 Å². The molecule has 26 heavy (non-hydrogen) atoms. The smallest absolute Gasteiger partial charge is 0.348 e. The van der Waals surface area contributed by atoms with Crippen LogP contribution >= 0.6 is 0 Å². The Balaban J connectivity index is 4.35. The molecule has 158 valence electrons. The van der Waals surface area contributed by atoms with Crippen LogP contribution in [0.5, 0.6) is 0 Å². The van der Waals surface area contributed by atoms with Crippen LogP contribution in [0.1, 0.15) is 91.9 Å². The molecule has 0 amide bonds. The zero-order valence-corrected chi connectivity index (χ0v) is 18.1. The minimum Gasteiger partial charge on any atom is -0.348 e. The van der Waals surface area contributed by atoms with Crippen LogP contribution in [-0.4, -0.2) is 40.6 Å². The third-order valence-electron chi connectivity index (χ3n) is 4.04. The van der Waals surface area contributed by atoms with Gasteiger partial charge in [0, 0.05) is 0 Å². The molecule has 0 aliphatic rings. The van der Waals surface area contributed by atoms with E-state index in [1.165, 1.54) is 38.5 Å². The molecule has 0 saturated carbocycles. The van der Waals surface area contributed by atoms with Crippen molar-refractivity contribution >= 4 is 10.4 Å². The summed E-state index contributed by atoms with van der Waals surface area (Å²) < 4.78 is 44.5. The third-order valence-corrected chi connectivity index (χ3v) is 4.97. The molecule has 6 nitrogen and oxygen atoms in total. The van der Waals surface area contributed by atoms with Gasteiger partial charge >= 0.3 is 10.4 Å². The van der Waals surface area contributed by atoms with Crippen molar-refractivity contribution in [3.63, 3.8) is 0 Å². The fraction of sp³-hybridized carbons (Fsp3) is 1.00. The van der Waals surface area contributed by atoms with Crippen molar-refractivity contribution in [3.8, 4) is 0 Å². The predicted octanol–water partition coefficient (Wildman–Crippen LogP) is 4.97. The van der Waals surface area contributed by atoms with E-state index in [0.29, 0.717) is 13.2 Å². The number of rotatable bonds is 19. The molecule has 0 aromatic heterocycles. The molecule has 7 heteroatoms. The van der Waals surface area contributed by atoms with E-state index < -0.39 is 16.2 Å². The molecule has 0 aromatic carbocycles. The monoisotopic (exact) mass is 396 g/mol. The van der Waals surface area contributed by atoms with Crippen LogP contribution in [-0.2, 0) is 28.2 Å². The van der Waals surface area contributed by atoms with Crippen molar-refractivity contribution < 1.29 is 26.3 Å². The number of unbranched alkanes of at least 4 members (excludes halogenated alkanes) is 8. The van der Waals surface area contributed by atoms with Gasteiger partial charge in [-0.3, -0.25) is 0 Å². The van der Waals surface area contributed by atoms with Crippen LogP contribution in [0.2, 0.25) is 0 Å². The lowest BCUT2D eigenvalue weighted by Gasteiger charge is -2.29. The summed E-state index contributed by atoms with van der Waals surface area (Å²) in [6, 6.07) is 0. The van der Waals surface area contributed by atoms with Crippen molar-refractivity contribution in [1.29, 1.82) is 0 Å². The maximum Gasteiger partial charge on any atom is 0.400 e. The van der Waals surface area contributed by atoms with Crippen LogP contribution in [0.15, 0.2) is 0 Å². The first kappa shape index (κ1) is 25.8. The van der Waals surface area contributed by atoms with E-state index in [1.54, 1.807) is 13.8 Å². The van der Waals surface area contributed by atoms with Crippen molar-refractivity contribution in [1.82, 2.24) is 0 Å². The molecule has 0 fully saturated rings. The van der Waals surface area contributed by atoms with Crippen LogP contribution in [0.3, 0.4) is 0 Å². The second kappa shape index (κ2) is 15.8. The quantitative estimate of drug-likeness (QED) is 0.227. The van der Waals surface area contributed by atoms with E-state index in [1.807, 2.05) is 0 Å². The topological polar surface area (TPSA) is 71.1 Å². The Kier molecular flexibility index (Phi) is 15.7. The zero-order valence-electron chi connectivity index (χ0n) is 17.3. The standard InChI is InChI=1S/C19H40O6S/c1-5-8-10-12-14-16-22-19(4,18-25-26(20,21)24-7-3)23-17-15-13-11-9-6-2/h5-18H2,1-4H3. The van der Waals surface area contributed by atoms with E-state index >= 15 is 0 Å². The van der Waals surface area contributed by atoms with Crippen LogP contribution in [0, 0.1) is 0 Å². The summed E-state index contributed by atoms with van der Waals surface area (Å²) in [5.74, 6) is -1.08. The van der Waals surface area contributed by atoms with Gasteiger partial charge in [0.25, 0.3) is 0 Å². The van der Waals surface area contributed by atoms with Crippen molar-refractivity contribution in [3.05, 3.63) is 0 Å². The lowest BCUT2D eigenvalue weighted by molar-refractivity contribution is -0.240. The average Bonchev–Trinajstić information content (AvgIpc) is 2.60. The Morgan fingerprint density at radius 1 is 0.692 bits per heavy atom. The van der Waals surface area contributed by atoms with Gasteiger partial charge in [0.1, 0.15) is 6.61 Å². The zero-order chi connectivity index (χ0) is 19.7. The van der Waals surface area contributed by atoms with Crippen LogP contribution in [0.25, 0.3) is 0 Å². The Hall–Kier alpha value is -0.210. The first-order valence-electron chi connectivity index (χ1n) is 10.2. The largest absolute Gasteiger partial charge is 0.400 e. The fourth-order valence-electron chi connectivity index (χ4n) is 2.47. The number of ether oxygens (including phenoxy) is 2. The highest BCUT2D eigenvalue weighted by atomic mass is 32.3. The Morgan fingerprint density at radius 3 is 1.58 bits per heavy atom. The highest BCUT2D eigenvalue weighted by Gasteiger charge is 2.29. The number of hydrogen-bond donors (Lipinski definition) is 0. The molecular weight excluding hydrogens is 356 g/mol. The molecule has 0 aliphatic carbocycles. The highest BCUT2D eigenvalue weighted by Crippen LogP contribution is 2.18. The Morgan fingerprint density at radius 2 is 1.15 bits per heavy atom. The maximum absolute atomic E-state index is 11.6. The van der Waals surface area contributed by atoms with Gasteiger partial charge in [0.15, 0.2) is 5.79 Å². The third kappa shape index (κ3) is 14.9. The summed E-state index contributed by atoms with van der Waals surface area (Å²) in [5.41, 5.74) is 0. The van der Waals surface area contributed by atoms with Gasteiger partial charge in [0.05, 0.1) is 19.8 Å². The molecule has 0 aromatic rings. The minimum atomic E-state index is -4.01. The summed E-state index contributed by atoms with van der Waals surface area (Å²) in [6.07, 6.45) is 11.3. The van der Waals surface area contributed by atoms with Crippen molar-refractivity contribution in [2.45, 2.75) is 97.7 Å². The lowest BCUT2D eigenvalue weighted by atomic mass is 10.1. The molecule has 0 spiro atoms. The average molecular weight is 397 g/mol. The van der Waals surface area contributed by atoms with Gasteiger partial charge in [-0.1, -0.05) is 65.2 Å². The molecular formula is C19H40O6S. The molecule has 0 heterocycles. The molecule has 0 atom stereocenters. The second-order valence-corrected chi connectivity index (χ2v) is 8.02. The Bertz CT molecular complexity index is 394. The van der Waals surface area contributed by atoms with E-state index in [2.05, 4.69) is 18.0 Å². The van der Waals surface area contributed by atoms with Gasteiger partial charge in [-0.2, -0.15) is 8.42 Å². The maximum atomic E-state index is 11.6. The predicted molar refractivity (Wildman–Crippen MR) is 104 cm³/mol. The lowest BCUT2D eigenvalue weighted by Crippen LogP contribution is -2.39. The summed E-state index contributed by atoms with van der Waals surface area (Å²) in [7, 11) is -4.01. The van der Waals surface area contributed by atoms with E-state index in [-0.39, 0.29) is 13.2 Å². The number of hydrogen-bond acceptors (Lipinski definition) is 6. The van der Waals surface area contributed by atoms with Gasteiger partial charge < -0.3 is 9.47 Å².